The lowest BCUT2D eigenvalue weighted by Gasteiger charge is -2.18. The van der Waals surface area contributed by atoms with Gasteiger partial charge in [-0.1, -0.05) is 52.3 Å². The van der Waals surface area contributed by atoms with Crippen molar-refractivity contribution in [2.24, 2.45) is 0 Å². The van der Waals surface area contributed by atoms with Crippen LogP contribution in [0.15, 0.2) is 57.9 Å². The average Bonchev–Trinajstić information content (AvgIpc) is 2.88. The molecule has 1 aliphatic heterocycles. The summed E-state index contributed by atoms with van der Waals surface area (Å²) in [6, 6.07) is 15.9. The Kier molecular flexibility index (Phi) is 4.36. The van der Waals surface area contributed by atoms with Gasteiger partial charge in [0.1, 0.15) is 0 Å². The fraction of sp³-hybridized carbons (Fsp3) is 0.235. The Morgan fingerprint density at radius 2 is 1.95 bits per heavy atom. The Hall–Kier alpha value is -1.26. The predicted octanol–water partition coefficient (Wildman–Crippen LogP) is 4.72. The van der Waals surface area contributed by atoms with Gasteiger partial charge >= 0.3 is 5.97 Å². The van der Waals surface area contributed by atoms with E-state index in [0.29, 0.717) is 11.7 Å². The molecule has 0 aromatic heterocycles. The minimum absolute atomic E-state index is 0.329. The Labute approximate surface area is 136 Å². The molecule has 0 aliphatic carbocycles. The van der Waals surface area contributed by atoms with Crippen LogP contribution in [0.2, 0.25) is 0 Å². The van der Waals surface area contributed by atoms with Crippen molar-refractivity contribution < 1.29 is 9.90 Å². The van der Waals surface area contributed by atoms with E-state index in [4.69, 9.17) is 0 Å². The summed E-state index contributed by atoms with van der Waals surface area (Å²) in [5.74, 6) is -1.22. The number of benzene rings is 2. The molecule has 108 valence electrons. The summed E-state index contributed by atoms with van der Waals surface area (Å²) in [5, 5.41) is 9.93. The molecule has 0 fully saturated rings. The SMILES string of the molecule is O=C(O)C(CC1Cc2ccccc2S1)c1ccccc1Br. The number of carbonyl (C=O) groups is 1. The van der Waals surface area contributed by atoms with Gasteiger partial charge in [-0.15, -0.1) is 11.8 Å². The van der Waals surface area contributed by atoms with Gasteiger partial charge < -0.3 is 5.11 Å². The molecule has 0 radical (unpaired) electrons. The Balaban J connectivity index is 1.79. The summed E-state index contributed by atoms with van der Waals surface area (Å²) < 4.78 is 0.873. The van der Waals surface area contributed by atoms with Gasteiger partial charge in [0, 0.05) is 14.6 Å². The zero-order valence-corrected chi connectivity index (χ0v) is 13.7. The third-order valence-electron chi connectivity index (χ3n) is 3.79. The van der Waals surface area contributed by atoms with Crippen LogP contribution in [0.1, 0.15) is 23.5 Å². The summed E-state index contributed by atoms with van der Waals surface area (Å²) in [6.07, 6.45) is 1.60. The first-order valence-corrected chi connectivity index (χ1v) is 8.54. The van der Waals surface area contributed by atoms with Crippen molar-refractivity contribution in [2.75, 3.05) is 0 Å². The first-order chi connectivity index (χ1) is 10.1. The molecule has 21 heavy (non-hydrogen) atoms. The normalized spacial score (nSPS) is 18.2. The Morgan fingerprint density at radius 3 is 2.67 bits per heavy atom. The van der Waals surface area contributed by atoms with E-state index in [1.165, 1.54) is 10.5 Å². The number of rotatable bonds is 4. The second kappa shape index (κ2) is 6.24. The molecule has 1 heterocycles. The van der Waals surface area contributed by atoms with Crippen LogP contribution >= 0.6 is 27.7 Å². The zero-order chi connectivity index (χ0) is 14.8. The van der Waals surface area contributed by atoms with Gasteiger partial charge in [-0.2, -0.15) is 0 Å². The number of halogens is 1. The summed E-state index contributed by atoms with van der Waals surface area (Å²) >= 11 is 5.28. The molecule has 3 rings (SSSR count). The first kappa shape index (κ1) is 14.7. The van der Waals surface area contributed by atoms with Crippen LogP contribution in [-0.2, 0) is 11.2 Å². The third kappa shape index (κ3) is 3.16. The van der Waals surface area contributed by atoms with Crippen molar-refractivity contribution in [2.45, 2.75) is 28.9 Å². The van der Waals surface area contributed by atoms with Crippen molar-refractivity contribution in [1.82, 2.24) is 0 Å². The zero-order valence-electron chi connectivity index (χ0n) is 11.3. The fourth-order valence-electron chi connectivity index (χ4n) is 2.77. The highest BCUT2D eigenvalue weighted by atomic mass is 79.9. The van der Waals surface area contributed by atoms with E-state index >= 15 is 0 Å². The van der Waals surface area contributed by atoms with E-state index in [0.717, 1.165) is 16.5 Å². The largest absolute Gasteiger partial charge is 0.481 e. The number of aliphatic carboxylic acids is 1. The molecule has 1 N–H and O–H groups in total. The Morgan fingerprint density at radius 1 is 1.24 bits per heavy atom. The van der Waals surface area contributed by atoms with Gasteiger partial charge in [0.15, 0.2) is 0 Å². The molecule has 2 aromatic carbocycles. The van der Waals surface area contributed by atoms with Crippen molar-refractivity contribution in [1.29, 1.82) is 0 Å². The summed E-state index contributed by atoms with van der Waals surface area (Å²) in [7, 11) is 0. The number of hydrogen-bond acceptors (Lipinski definition) is 2. The molecule has 0 saturated carbocycles. The van der Waals surface area contributed by atoms with Crippen molar-refractivity contribution >= 4 is 33.7 Å². The van der Waals surface area contributed by atoms with Crippen molar-refractivity contribution in [3.05, 3.63) is 64.1 Å². The monoisotopic (exact) mass is 362 g/mol. The number of fused-ring (bicyclic) bond motifs is 1. The highest BCUT2D eigenvalue weighted by molar-refractivity contribution is 9.10. The van der Waals surface area contributed by atoms with E-state index in [1.807, 2.05) is 36.4 Å². The average molecular weight is 363 g/mol. The highest BCUT2D eigenvalue weighted by Crippen LogP contribution is 2.42. The molecule has 0 spiro atoms. The van der Waals surface area contributed by atoms with Gasteiger partial charge in [0.25, 0.3) is 0 Å². The van der Waals surface area contributed by atoms with Crippen LogP contribution in [-0.4, -0.2) is 16.3 Å². The van der Waals surface area contributed by atoms with Crippen molar-refractivity contribution in [3.8, 4) is 0 Å². The molecule has 2 unspecified atom stereocenters. The number of carboxylic acid groups (broad SMARTS) is 1. The molecule has 0 bridgehead atoms. The smallest absolute Gasteiger partial charge is 0.311 e. The summed E-state index contributed by atoms with van der Waals surface area (Å²) in [5.41, 5.74) is 2.20. The standard InChI is InChI=1S/C17H15BrO2S/c18-15-7-3-2-6-13(15)14(17(19)20)10-12-9-11-5-1-4-8-16(11)21-12/h1-8,12,14H,9-10H2,(H,19,20). The maximum Gasteiger partial charge on any atom is 0.311 e. The molecular formula is C17H15BrO2S. The molecule has 2 aromatic rings. The second-order valence-corrected chi connectivity index (χ2v) is 7.40. The van der Waals surface area contributed by atoms with Crippen LogP contribution in [0, 0.1) is 0 Å². The lowest BCUT2D eigenvalue weighted by Crippen LogP contribution is -2.17. The van der Waals surface area contributed by atoms with E-state index in [-0.39, 0.29) is 0 Å². The van der Waals surface area contributed by atoms with Crippen molar-refractivity contribution in [3.63, 3.8) is 0 Å². The molecule has 2 atom stereocenters. The molecule has 2 nitrogen and oxygen atoms in total. The molecule has 0 saturated heterocycles. The van der Waals surface area contributed by atoms with Gasteiger partial charge in [-0.25, -0.2) is 0 Å². The lowest BCUT2D eigenvalue weighted by molar-refractivity contribution is -0.139. The fourth-order valence-corrected chi connectivity index (χ4v) is 4.70. The van der Waals surface area contributed by atoms with Crippen LogP contribution in [0.4, 0.5) is 0 Å². The highest BCUT2D eigenvalue weighted by Gasteiger charge is 2.30. The van der Waals surface area contributed by atoms with E-state index < -0.39 is 11.9 Å². The predicted molar refractivity (Wildman–Crippen MR) is 88.9 cm³/mol. The van der Waals surface area contributed by atoms with Gasteiger partial charge in [0.2, 0.25) is 0 Å². The van der Waals surface area contributed by atoms with E-state index in [9.17, 15) is 9.90 Å². The van der Waals surface area contributed by atoms with E-state index in [1.54, 1.807) is 11.8 Å². The van der Waals surface area contributed by atoms with E-state index in [2.05, 4.69) is 28.1 Å². The maximum atomic E-state index is 11.7. The van der Waals surface area contributed by atoms with Gasteiger partial charge in [-0.3, -0.25) is 4.79 Å². The van der Waals surface area contributed by atoms with Gasteiger partial charge in [0.05, 0.1) is 5.92 Å². The molecule has 1 aliphatic rings. The van der Waals surface area contributed by atoms with Crippen LogP contribution in [0.5, 0.6) is 0 Å². The second-order valence-electron chi connectivity index (χ2n) is 5.20. The van der Waals surface area contributed by atoms with Crippen LogP contribution in [0.3, 0.4) is 0 Å². The molecule has 4 heteroatoms. The third-order valence-corrected chi connectivity index (χ3v) is 5.86. The summed E-state index contributed by atoms with van der Waals surface area (Å²) in [6.45, 7) is 0. The summed E-state index contributed by atoms with van der Waals surface area (Å²) in [4.78, 5) is 13.0. The topological polar surface area (TPSA) is 37.3 Å². The lowest BCUT2D eigenvalue weighted by atomic mass is 9.92. The number of carboxylic acids is 1. The molecular weight excluding hydrogens is 348 g/mol. The maximum absolute atomic E-state index is 11.7. The minimum Gasteiger partial charge on any atom is -0.481 e. The molecule has 0 amide bonds. The van der Waals surface area contributed by atoms with Crippen LogP contribution < -0.4 is 0 Å². The van der Waals surface area contributed by atoms with Crippen LogP contribution in [0.25, 0.3) is 0 Å². The first-order valence-electron chi connectivity index (χ1n) is 6.87. The van der Waals surface area contributed by atoms with Gasteiger partial charge in [-0.05, 0) is 36.1 Å². The number of hydrogen-bond donors (Lipinski definition) is 1. The minimum atomic E-state index is -0.751. The number of thioether (sulfide) groups is 1. The quantitative estimate of drug-likeness (QED) is 0.854. The Bertz CT molecular complexity index is 646.